The van der Waals surface area contributed by atoms with Crippen molar-refractivity contribution in [1.82, 2.24) is 15.1 Å². The fourth-order valence-corrected chi connectivity index (χ4v) is 3.01. The molecule has 0 radical (unpaired) electrons. The van der Waals surface area contributed by atoms with Gasteiger partial charge in [-0.2, -0.15) is 0 Å². The first-order chi connectivity index (χ1) is 11.9. The number of halogens is 2. The van der Waals surface area contributed by atoms with E-state index in [-0.39, 0.29) is 18.2 Å². The Hall–Kier alpha value is -1.83. The van der Waals surface area contributed by atoms with E-state index in [1.807, 2.05) is 4.90 Å². The van der Waals surface area contributed by atoms with Crippen molar-refractivity contribution in [2.24, 2.45) is 4.99 Å². The Morgan fingerprint density at radius 1 is 1.28 bits per heavy atom. The number of nitrogens with one attached hydrogen (secondary N) is 2. The standard InChI is InChI=1S/C16H19Cl2N5O2/c1-22-4-6-23(7-5-22)16-20-13(15(25)21-16)9-14(24)19-10-2-3-11(17)12(18)8-10/h2-3,8,13H,4-7,9H2,1H3,(H,19,24)(H,20,21,25)/t13-/m0/s1. The highest BCUT2D eigenvalue weighted by atomic mass is 35.5. The van der Waals surface area contributed by atoms with E-state index in [2.05, 4.69) is 27.6 Å². The second-order valence-corrected chi connectivity index (χ2v) is 6.94. The minimum atomic E-state index is -0.711. The molecule has 134 valence electrons. The molecule has 1 saturated heterocycles. The smallest absolute Gasteiger partial charge is 0.252 e. The highest BCUT2D eigenvalue weighted by Gasteiger charge is 2.31. The average molecular weight is 384 g/mol. The van der Waals surface area contributed by atoms with Gasteiger partial charge in [-0.05, 0) is 25.2 Å². The molecule has 7 nitrogen and oxygen atoms in total. The number of aliphatic imine (C=N–C) groups is 1. The predicted octanol–water partition coefficient (Wildman–Crippen LogP) is 1.42. The minimum Gasteiger partial charge on any atom is -0.340 e. The minimum absolute atomic E-state index is 0.0245. The number of carbonyl (C=O) groups excluding carboxylic acids is 2. The fourth-order valence-electron chi connectivity index (χ4n) is 2.71. The van der Waals surface area contributed by atoms with Gasteiger partial charge in [-0.15, -0.1) is 0 Å². The van der Waals surface area contributed by atoms with Crippen LogP contribution < -0.4 is 10.6 Å². The van der Waals surface area contributed by atoms with E-state index in [4.69, 9.17) is 23.2 Å². The van der Waals surface area contributed by atoms with Crippen molar-refractivity contribution in [3.05, 3.63) is 28.2 Å². The zero-order valence-corrected chi connectivity index (χ0v) is 15.3. The first kappa shape index (κ1) is 18.0. The van der Waals surface area contributed by atoms with E-state index >= 15 is 0 Å². The third-order valence-corrected chi connectivity index (χ3v) is 4.94. The van der Waals surface area contributed by atoms with Crippen LogP contribution in [0.3, 0.4) is 0 Å². The number of hydrogen-bond donors (Lipinski definition) is 2. The summed E-state index contributed by atoms with van der Waals surface area (Å²) in [6.45, 7) is 3.43. The van der Waals surface area contributed by atoms with Crippen LogP contribution >= 0.6 is 23.2 Å². The average Bonchev–Trinajstić information content (AvgIpc) is 2.92. The lowest BCUT2D eigenvalue weighted by molar-refractivity contribution is -0.124. The first-order valence-electron chi connectivity index (χ1n) is 7.99. The zero-order chi connectivity index (χ0) is 18.0. The van der Waals surface area contributed by atoms with Gasteiger partial charge in [-0.25, -0.2) is 4.99 Å². The molecule has 2 amide bonds. The summed E-state index contributed by atoms with van der Waals surface area (Å²) in [7, 11) is 2.06. The molecular formula is C16H19Cl2N5O2. The lowest BCUT2D eigenvalue weighted by Gasteiger charge is -2.33. The molecule has 2 aliphatic rings. The topological polar surface area (TPSA) is 77.0 Å². The molecule has 1 fully saturated rings. The van der Waals surface area contributed by atoms with Gasteiger partial charge in [0.15, 0.2) is 0 Å². The van der Waals surface area contributed by atoms with Crippen molar-refractivity contribution < 1.29 is 9.59 Å². The highest BCUT2D eigenvalue weighted by Crippen LogP contribution is 2.25. The van der Waals surface area contributed by atoms with Crippen molar-refractivity contribution in [2.75, 3.05) is 38.5 Å². The van der Waals surface area contributed by atoms with Crippen LogP contribution in [0.4, 0.5) is 5.69 Å². The third kappa shape index (κ3) is 4.42. The maximum atomic E-state index is 12.2. The van der Waals surface area contributed by atoms with Crippen LogP contribution in [0.2, 0.25) is 10.0 Å². The number of rotatable bonds is 3. The number of guanidine groups is 1. The van der Waals surface area contributed by atoms with Crippen LogP contribution in [0.1, 0.15) is 6.42 Å². The molecule has 0 aliphatic carbocycles. The van der Waals surface area contributed by atoms with E-state index in [0.717, 1.165) is 26.2 Å². The number of hydrogen-bond acceptors (Lipinski definition) is 5. The number of piperazine rings is 1. The Bertz CT molecular complexity index is 716. The van der Waals surface area contributed by atoms with E-state index in [9.17, 15) is 9.59 Å². The maximum Gasteiger partial charge on any atom is 0.252 e. The number of benzene rings is 1. The largest absolute Gasteiger partial charge is 0.340 e. The van der Waals surface area contributed by atoms with Crippen molar-refractivity contribution in [3.8, 4) is 0 Å². The lowest BCUT2D eigenvalue weighted by atomic mass is 10.2. The van der Waals surface area contributed by atoms with Gasteiger partial charge in [0.05, 0.1) is 16.5 Å². The van der Waals surface area contributed by atoms with Crippen molar-refractivity contribution in [2.45, 2.75) is 12.5 Å². The summed E-state index contributed by atoms with van der Waals surface area (Å²) in [5, 5.41) is 6.25. The van der Waals surface area contributed by atoms with E-state index in [0.29, 0.717) is 21.7 Å². The summed E-state index contributed by atoms with van der Waals surface area (Å²) in [6.07, 6.45) is -0.0245. The molecule has 3 rings (SSSR count). The van der Waals surface area contributed by atoms with Crippen molar-refractivity contribution >= 4 is 46.7 Å². The summed E-state index contributed by atoms with van der Waals surface area (Å²) in [4.78, 5) is 32.9. The van der Waals surface area contributed by atoms with Gasteiger partial charge < -0.3 is 15.1 Å². The van der Waals surface area contributed by atoms with Gasteiger partial charge in [-0.1, -0.05) is 23.2 Å². The molecule has 0 bridgehead atoms. The predicted molar refractivity (Wildman–Crippen MR) is 98.1 cm³/mol. The fraction of sp³-hybridized carbons (Fsp3) is 0.438. The normalized spacial score (nSPS) is 21.1. The summed E-state index contributed by atoms with van der Waals surface area (Å²) >= 11 is 11.8. The van der Waals surface area contributed by atoms with Gasteiger partial charge in [0.25, 0.3) is 5.91 Å². The Morgan fingerprint density at radius 3 is 2.68 bits per heavy atom. The Balaban J connectivity index is 1.58. The second kappa shape index (κ2) is 7.59. The second-order valence-electron chi connectivity index (χ2n) is 6.13. The highest BCUT2D eigenvalue weighted by molar-refractivity contribution is 6.42. The summed E-state index contributed by atoms with van der Waals surface area (Å²) in [5.41, 5.74) is 0.529. The summed E-state index contributed by atoms with van der Waals surface area (Å²) in [5.74, 6) is 0.00516. The SMILES string of the molecule is CN1CCN(C2=N[C@@H](CC(=O)Nc3ccc(Cl)c(Cl)c3)C(=O)N2)CC1. The Labute approximate surface area is 156 Å². The van der Waals surface area contributed by atoms with Crippen LogP contribution in [0, 0.1) is 0 Å². The lowest BCUT2D eigenvalue weighted by Crippen LogP contribution is -2.50. The molecule has 25 heavy (non-hydrogen) atoms. The molecule has 1 aromatic carbocycles. The van der Waals surface area contributed by atoms with Crippen molar-refractivity contribution in [3.63, 3.8) is 0 Å². The monoisotopic (exact) mass is 383 g/mol. The number of carbonyl (C=O) groups is 2. The van der Waals surface area contributed by atoms with E-state index in [1.54, 1.807) is 18.2 Å². The molecule has 9 heteroatoms. The van der Waals surface area contributed by atoms with Gasteiger partial charge in [0, 0.05) is 31.9 Å². The molecule has 2 heterocycles. The van der Waals surface area contributed by atoms with Crippen LogP contribution in [-0.4, -0.2) is 66.8 Å². The number of anilines is 1. The number of likely N-dealkylation sites (N-methyl/N-ethyl adjacent to an activating group) is 1. The van der Waals surface area contributed by atoms with E-state index in [1.165, 1.54) is 0 Å². The maximum absolute atomic E-state index is 12.2. The molecule has 0 saturated carbocycles. The van der Waals surface area contributed by atoms with Crippen LogP contribution in [-0.2, 0) is 9.59 Å². The van der Waals surface area contributed by atoms with Crippen LogP contribution in [0.25, 0.3) is 0 Å². The number of nitrogens with zero attached hydrogens (tertiary/aromatic N) is 3. The van der Waals surface area contributed by atoms with Gasteiger partial charge >= 0.3 is 0 Å². The first-order valence-corrected chi connectivity index (χ1v) is 8.75. The summed E-state index contributed by atoms with van der Waals surface area (Å²) in [6, 6.07) is 4.11. The molecule has 0 unspecified atom stereocenters. The Morgan fingerprint density at radius 2 is 2.00 bits per heavy atom. The molecular weight excluding hydrogens is 365 g/mol. The zero-order valence-electron chi connectivity index (χ0n) is 13.8. The molecule has 1 atom stereocenters. The third-order valence-electron chi connectivity index (χ3n) is 4.20. The summed E-state index contributed by atoms with van der Waals surface area (Å²) < 4.78 is 0. The Kier molecular flexibility index (Phi) is 5.46. The van der Waals surface area contributed by atoms with Crippen molar-refractivity contribution in [1.29, 1.82) is 0 Å². The quantitative estimate of drug-likeness (QED) is 0.827. The number of amides is 2. The molecule has 2 N–H and O–H groups in total. The van der Waals surface area contributed by atoms with E-state index < -0.39 is 6.04 Å². The van der Waals surface area contributed by atoms with Crippen LogP contribution in [0.5, 0.6) is 0 Å². The van der Waals surface area contributed by atoms with Gasteiger partial charge in [0.1, 0.15) is 6.04 Å². The molecule has 1 aromatic rings. The van der Waals surface area contributed by atoms with Gasteiger partial charge in [-0.3, -0.25) is 14.9 Å². The van der Waals surface area contributed by atoms with Gasteiger partial charge in [0.2, 0.25) is 11.9 Å². The van der Waals surface area contributed by atoms with Crippen LogP contribution in [0.15, 0.2) is 23.2 Å². The molecule has 0 spiro atoms. The molecule has 2 aliphatic heterocycles. The molecule has 0 aromatic heterocycles.